The van der Waals surface area contributed by atoms with Crippen LogP contribution in [-0.2, 0) is 15.0 Å². The van der Waals surface area contributed by atoms with Gasteiger partial charge in [0.15, 0.2) is 0 Å². The highest BCUT2D eigenvalue weighted by atomic mass is 32.2. The molecule has 2 rings (SSSR count). The Morgan fingerprint density at radius 2 is 1.83 bits per heavy atom. The van der Waals surface area contributed by atoms with Crippen molar-refractivity contribution in [2.24, 2.45) is 11.5 Å². The summed E-state index contributed by atoms with van der Waals surface area (Å²) >= 11 is 1.27. The first-order valence-electron chi connectivity index (χ1n) is 5.48. The van der Waals surface area contributed by atoms with E-state index in [9.17, 15) is 9.59 Å². The quantitative estimate of drug-likeness (QED) is 0.846. The van der Waals surface area contributed by atoms with Crippen molar-refractivity contribution >= 4 is 23.6 Å². The molecule has 1 aromatic rings. The summed E-state index contributed by atoms with van der Waals surface area (Å²) < 4.78 is 0. The highest BCUT2D eigenvalue weighted by Gasteiger charge is 2.42. The molecule has 94 valence electrons. The third-order valence-corrected chi connectivity index (χ3v) is 4.31. The van der Waals surface area contributed by atoms with Gasteiger partial charge in [0, 0.05) is 5.75 Å². The standard InChI is InChI=1S/C13H14N2O2S/c1-8-2-4-9(5-3-8)13(12(15)17)6-10(11(14)16)18-7-13/h2-6H,7H2,1H3,(H2,14,16)(H2,15,17). The number of nitrogens with two attached hydrogens (primary N) is 2. The van der Waals surface area contributed by atoms with E-state index in [-0.39, 0.29) is 0 Å². The Morgan fingerprint density at radius 3 is 2.28 bits per heavy atom. The molecular formula is C13H14N2O2S. The van der Waals surface area contributed by atoms with Crippen molar-refractivity contribution in [3.05, 3.63) is 46.4 Å². The average Bonchev–Trinajstić information content (AvgIpc) is 2.76. The molecule has 0 aromatic heterocycles. The predicted molar refractivity (Wildman–Crippen MR) is 71.8 cm³/mol. The molecule has 0 saturated carbocycles. The van der Waals surface area contributed by atoms with Crippen molar-refractivity contribution in [3.63, 3.8) is 0 Å². The van der Waals surface area contributed by atoms with Gasteiger partial charge in [-0.25, -0.2) is 0 Å². The Balaban J connectivity index is 2.50. The molecule has 2 amide bonds. The van der Waals surface area contributed by atoms with Crippen LogP contribution in [0.4, 0.5) is 0 Å². The number of benzene rings is 1. The van der Waals surface area contributed by atoms with Crippen LogP contribution in [0.2, 0.25) is 0 Å². The number of primary amides is 2. The average molecular weight is 262 g/mol. The SMILES string of the molecule is Cc1ccc(C2(C(N)=O)C=C(C(N)=O)SC2)cc1. The number of carbonyl (C=O) groups excluding carboxylic acids is 2. The van der Waals surface area contributed by atoms with Gasteiger partial charge in [-0.3, -0.25) is 9.59 Å². The molecule has 0 fully saturated rings. The third-order valence-electron chi connectivity index (χ3n) is 3.08. The summed E-state index contributed by atoms with van der Waals surface area (Å²) in [5.74, 6) is -0.561. The first kappa shape index (κ1) is 12.7. The summed E-state index contributed by atoms with van der Waals surface area (Å²) in [4.78, 5) is 23.4. The Labute approximate surface area is 109 Å². The van der Waals surface area contributed by atoms with E-state index >= 15 is 0 Å². The van der Waals surface area contributed by atoms with E-state index < -0.39 is 17.2 Å². The lowest BCUT2D eigenvalue weighted by molar-refractivity contribution is -0.121. The summed E-state index contributed by atoms with van der Waals surface area (Å²) in [6, 6.07) is 7.56. The molecule has 18 heavy (non-hydrogen) atoms. The second-order valence-corrected chi connectivity index (χ2v) is 5.38. The summed E-state index contributed by atoms with van der Waals surface area (Å²) in [5, 5.41) is 0. The third kappa shape index (κ3) is 2.01. The van der Waals surface area contributed by atoms with Crippen LogP contribution < -0.4 is 11.5 Å². The highest BCUT2D eigenvalue weighted by Crippen LogP contribution is 2.40. The van der Waals surface area contributed by atoms with Gasteiger partial charge in [-0.1, -0.05) is 29.8 Å². The molecule has 4 N–H and O–H groups in total. The number of thioether (sulfide) groups is 1. The lowest BCUT2D eigenvalue weighted by atomic mass is 9.81. The van der Waals surface area contributed by atoms with Crippen LogP contribution in [0.15, 0.2) is 35.2 Å². The van der Waals surface area contributed by atoms with Crippen molar-refractivity contribution in [3.8, 4) is 0 Å². The normalized spacial score (nSPS) is 22.6. The van der Waals surface area contributed by atoms with Crippen molar-refractivity contribution in [2.75, 3.05) is 5.75 Å². The van der Waals surface area contributed by atoms with Crippen LogP contribution in [0.25, 0.3) is 0 Å². The van der Waals surface area contributed by atoms with Crippen LogP contribution in [0.5, 0.6) is 0 Å². The highest BCUT2D eigenvalue weighted by molar-refractivity contribution is 8.04. The molecule has 0 spiro atoms. The zero-order valence-electron chi connectivity index (χ0n) is 9.97. The second-order valence-electron chi connectivity index (χ2n) is 4.36. The molecule has 1 unspecified atom stereocenters. The van der Waals surface area contributed by atoms with E-state index in [0.29, 0.717) is 10.7 Å². The molecule has 1 atom stereocenters. The minimum Gasteiger partial charge on any atom is -0.369 e. The van der Waals surface area contributed by atoms with Gasteiger partial charge in [-0.05, 0) is 18.6 Å². The van der Waals surface area contributed by atoms with Gasteiger partial charge in [0.05, 0.1) is 4.91 Å². The Bertz CT molecular complexity index is 536. The molecule has 1 aromatic carbocycles. The van der Waals surface area contributed by atoms with E-state index in [4.69, 9.17) is 11.5 Å². The summed E-state index contributed by atoms with van der Waals surface area (Å²) in [6.07, 6.45) is 1.59. The summed E-state index contributed by atoms with van der Waals surface area (Å²) in [5.41, 5.74) is 11.7. The minimum atomic E-state index is -0.928. The first-order valence-corrected chi connectivity index (χ1v) is 6.47. The maximum Gasteiger partial charge on any atom is 0.254 e. The van der Waals surface area contributed by atoms with E-state index in [1.165, 1.54) is 11.8 Å². The largest absolute Gasteiger partial charge is 0.369 e. The van der Waals surface area contributed by atoms with Crippen LogP contribution in [-0.4, -0.2) is 17.6 Å². The van der Waals surface area contributed by atoms with Crippen molar-refractivity contribution in [1.29, 1.82) is 0 Å². The van der Waals surface area contributed by atoms with Crippen LogP contribution in [0.1, 0.15) is 11.1 Å². The van der Waals surface area contributed by atoms with Crippen molar-refractivity contribution in [2.45, 2.75) is 12.3 Å². The predicted octanol–water partition coefficient (Wildman–Crippen LogP) is 0.834. The van der Waals surface area contributed by atoms with E-state index in [0.717, 1.165) is 11.1 Å². The van der Waals surface area contributed by atoms with Gasteiger partial charge >= 0.3 is 0 Å². The molecule has 4 nitrogen and oxygen atoms in total. The smallest absolute Gasteiger partial charge is 0.254 e. The molecule has 1 heterocycles. The van der Waals surface area contributed by atoms with Gasteiger partial charge in [0.2, 0.25) is 5.91 Å². The van der Waals surface area contributed by atoms with Crippen molar-refractivity contribution < 1.29 is 9.59 Å². The van der Waals surface area contributed by atoms with E-state index in [2.05, 4.69) is 0 Å². The van der Waals surface area contributed by atoms with Crippen LogP contribution in [0.3, 0.4) is 0 Å². The van der Waals surface area contributed by atoms with Crippen LogP contribution >= 0.6 is 11.8 Å². The Hall–Kier alpha value is -1.75. The van der Waals surface area contributed by atoms with Gasteiger partial charge in [0.25, 0.3) is 5.91 Å². The monoisotopic (exact) mass is 262 g/mol. The summed E-state index contributed by atoms with van der Waals surface area (Å²) in [6.45, 7) is 1.97. The summed E-state index contributed by atoms with van der Waals surface area (Å²) in [7, 11) is 0. The lowest BCUT2D eigenvalue weighted by Gasteiger charge is -2.23. The minimum absolute atomic E-state index is 0.398. The van der Waals surface area contributed by atoms with E-state index in [1.54, 1.807) is 6.08 Å². The maximum atomic E-state index is 11.8. The van der Waals surface area contributed by atoms with Crippen molar-refractivity contribution in [1.82, 2.24) is 0 Å². The molecule has 5 heteroatoms. The zero-order chi connectivity index (χ0) is 13.3. The fourth-order valence-corrected chi connectivity index (χ4v) is 3.15. The van der Waals surface area contributed by atoms with Gasteiger partial charge in [-0.15, -0.1) is 11.8 Å². The molecular weight excluding hydrogens is 248 g/mol. The van der Waals surface area contributed by atoms with E-state index in [1.807, 2.05) is 31.2 Å². The Kier molecular flexibility index (Phi) is 3.17. The topological polar surface area (TPSA) is 86.2 Å². The first-order chi connectivity index (χ1) is 8.45. The number of aryl methyl sites for hydroxylation is 1. The molecule has 0 aliphatic carbocycles. The molecule has 1 aliphatic heterocycles. The fraction of sp³-hybridized carbons (Fsp3) is 0.231. The van der Waals surface area contributed by atoms with Gasteiger partial charge in [0.1, 0.15) is 5.41 Å². The maximum absolute atomic E-state index is 11.8. The molecule has 0 radical (unpaired) electrons. The van der Waals surface area contributed by atoms with Gasteiger partial charge < -0.3 is 11.5 Å². The Morgan fingerprint density at radius 1 is 1.22 bits per heavy atom. The fourth-order valence-electron chi connectivity index (χ4n) is 1.94. The second kappa shape index (κ2) is 4.49. The number of rotatable bonds is 3. The van der Waals surface area contributed by atoms with Crippen LogP contribution in [0, 0.1) is 6.92 Å². The number of hydrogen-bond acceptors (Lipinski definition) is 3. The van der Waals surface area contributed by atoms with Gasteiger partial charge in [-0.2, -0.15) is 0 Å². The molecule has 1 aliphatic rings. The number of hydrogen-bond donors (Lipinski definition) is 2. The zero-order valence-corrected chi connectivity index (χ0v) is 10.8. The lowest BCUT2D eigenvalue weighted by Crippen LogP contribution is -2.40. The molecule has 0 saturated heterocycles. The number of carbonyl (C=O) groups is 2. The number of amides is 2. The molecule has 0 bridgehead atoms.